The summed E-state index contributed by atoms with van der Waals surface area (Å²) in [5.74, 6) is 13.4. The van der Waals surface area contributed by atoms with E-state index in [4.69, 9.17) is 11.6 Å². The summed E-state index contributed by atoms with van der Waals surface area (Å²) in [4.78, 5) is 0. The summed E-state index contributed by atoms with van der Waals surface area (Å²) in [6.07, 6.45) is 13.8. The molecule has 3 saturated carbocycles. The number of rotatable bonds is 4. The molecule has 4 rings (SSSR count). The third kappa shape index (κ3) is 2.79. The van der Waals surface area contributed by atoms with Gasteiger partial charge in [-0.1, -0.05) is 20.8 Å². The molecule has 0 aromatic carbocycles. The Balaban J connectivity index is 1.55. The molecule has 3 fully saturated rings. The van der Waals surface area contributed by atoms with Gasteiger partial charge in [0, 0.05) is 18.7 Å². The van der Waals surface area contributed by atoms with Crippen molar-refractivity contribution in [1.29, 1.82) is 0 Å². The predicted octanol–water partition coefficient (Wildman–Crippen LogP) is 6.91. The number of fused-ring (bicyclic) bond motifs is 5. The second-order valence-electron chi connectivity index (χ2n) is 10.4. The summed E-state index contributed by atoms with van der Waals surface area (Å²) >= 11 is 5.98. The average Bonchev–Trinajstić information content (AvgIpc) is 2.96. The van der Waals surface area contributed by atoms with Crippen molar-refractivity contribution in [1.82, 2.24) is 0 Å². The van der Waals surface area contributed by atoms with Crippen LogP contribution in [0.25, 0.3) is 0 Å². The van der Waals surface area contributed by atoms with Crippen molar-refractivity contribution < 1.29 is 0 Å². The molecule has 8 atom stereocenters. The number of hydrogen-bond acceptors (Lipinski definition) is 0. The highest BCUT2D eigenvalue weighted by Gasteiger charge is 2.59. The fraction of sp³-hybridized carbons (Fsp3) is 0.917. The minimum absolute atomic E-state index is 0.526. The summed E-state index contributed by atoms with van der Waals surface area (Å²) < 4.78 is 0. The zero-order valence-corrected chi connectivity index (χ0v) is 17.4. The third-order valence-electron chi connectivity index (χ3n) is 9.56. The van der Waals surface area contributed by atoms with Gasteiger partial charge in [0.15, 0.2) is 0 Å². The van der Waals surface area contributed by atoms with E-state index in [1.807, 2.05) is 0 Å². The molecule has 0 heterocycles. The molecule has 4 aliphatic carbocycles. The molecule has 0 bridgehead atoms. The van der Waals surface area contributed by atoms with Gasteiger partial charge in [-0.2, -0.15) is 0 Å². The van der Waals surface area contributed by atoms with E-state index in [0.29, 0.717) is 10.8 Å². The van der Waals surface area contributed by atoms with Crippen LogP contribution in [-0.2, 0) is 0 Å². The van der Waals surface area contributed by atoms with Gasteiger partial charge in [-0.05, 0) is 97.7 Å². The van der Waals surface area contributed by atoms with Crippen LogP contribution in [0.3, 0.4) is 0 Å². The molecule has 0 aromatic heterocycles. The predicted molar refractivity (Wildman–Crippen MR) is 107 cm³/mol. The lowest BCUT2D eigenvalue weighted by Gasteiger charge is -2.59. The highest BCUT2D eigenvalue weighted by molar-refractivity contribution is 6.17. The van der Waals surface area contributed by atoms with Crippen LogP contribution in [0.5, 0.6) is 0 Å². The first-order valence-corrected chi connectivity index (χ1v) is 11.6. The van der Waals surface area contributed by atoms with Crippen LogP contribution in [0.2, 0.25) is 0 Å². The van der Waals surface area contributed by atoms with Crippen LogP contribution in [0.15, 0.2) is 0 Å². The van der Waals surface area contributed by atoms with Crippen LogP contribution in [0.4, 0.5) is 0 Å². The molecule has 0 saturated heterocycles. The fourth-order valence-corrected chi connectivity index (χ4v) is 8.32. The normalized spacial score (nSPS) is 49.4. The standard InChI is InChI=1S/C24H37Cl/c1-17(7-6-16-25)20-11-12-21-19-10-9-18-8-4-5-14-23(18,2)22(19)13-15-24(20,21)3/h17-22H,6-16H2,1-3H3/t17-,18?,19+,20-,21+,22+,23+,24-/m1/s1. The van der Waals surface area contributed by atoms with Gasteiger partial charge in [-0.25, -0.2) is 0 Å². The Morgan fingerprint density at radius 2 is 1.80 bits per heavy atom. The van der Waals surface area contributed by atoms with E-state index in [-0.39, 0.29) is 0 Å². The van der Waals surface area contributed by atoms with E-state index >= 15 is 0 Å². The van der Waals surface area contributed by atoms with Gasteiger partial charge in [-0.15, -0.1) is 23.4 Å². The second kappa shape index (κ2) is 6.78. The molecule has 1 heteroatoms. The molecule has 4 aliphatic rings. The van der Waals surface area contributed by atoms with Gasteiger partial charge >= 0.3 is 0 Å². The molecule has 0 nitrogen and oxygen atoms in total. The molecule has 0 spiro atoms. The maximum atomic E-state index is 5.98. The topological polar surface area (TPSA) is 0 Å². The molecule has 0 aromatic rings. The average molecular weight is 361 g/mol. The van der Waals surface area contributed by atoms with E-state index < -0.39 is 0 Å². The first-order valence-electron chi connectivity index (χ1n) is 11.0. The van der Waals surface area contributed by atoms with Crippen LogP contribution >= 0.6 is 11.6 Å². The van der Waals surface area contributed by atoms with Gasteiger partial charge in [0.1, 0.15) is 0 Å². The molecular weight excluding hydrogens is 324 g/mol. The van der Waals surface area contributed by atoms with Gasteiger partial charge in [0.2, 0.25) is 0 Å². The van der Waals surface area contributed by atoms with Crippen molar-refractivity contribution in [2.45, 2.75) is 85.0 Å². The molecule has 140 valence electrons. The lowest BCUT2D eigenvalue weighted by atomic mass is 9.45. The van der Waals surface area contributed by atoms with E-state index in [2.05, 4.69) is 32.6 Å². The quantitative estimate of drug-likeness (QED) is 0.377. The first-order chi connectivity index (χ1) is 12.0. The highest BCUT2D eigenvalue weighted by Crippen LogP contribution is 2.67. The minimum atomic E-state index is 0.526. The fourth-order valence-electron chi connectivity index (χ4n) is 8.17. The zero-order chi connectivity index (χ0) is 17.7. The van der Waals surface area contributed by atoms with Gasteiger partial charge in [0.25, 0.3) is 0 Å². The summed E-state index contributed by atoms with van der Waals surface area (Å²) in [5, 5.41) is 0. The van der Waals surface area contributed by atoms with Gasteiger partial charge in [-0.3, -0.25) is 0 Å². The molecule has 0 aliphatic heterocycles. The molecular formula is C24H37Cl. The Kier molecular flexibility index (Phi) is 4.94. The van der Waals surface area contributed by atoms with Gasteiger partial charge in [0.05, 0.1) is 0 Å². The van der Waals surface area contributed by atoms with Crippen LogP contribution in [-0.4, -0.2) is 5.88 Å². The molecule has 0 amide bonds. The summed E-state index contributed by atoms with van der Waals surface area (Å²) in [6.45, 7) is 7.81. The lowest BCUT2D eigenvalue weighted by Crippen LogP contribution is -2.52. The summed E-state index contributed by atoms with van der Waals surface area (Å²) in [5.41, 5.74) is 1.13. The largest absolute Gasteiger partial charge is 0.127 e. The van der Waals surface area contributed by atoms with E-state index in [9.17, 15) is 0 Å². The minimum Gasteiger partial charge on any atom is -0.127 e. The Morgan fingerprint density at radius 3 is 2.60 bits per heavy atom. The Morgan fingerprint density at radius 1 is 1.00 bits per heavy atom. The Labute approximate surface area is 160 Å². The monoisotopic (exact) mass is 360 g/mol. The summed E-state index contributed by atoms with van der Waals surface area (Å²) in [7, 11) is 0. The number of hydrogen-bond donors (Lipinski definition) is 0. The van der Waals surface area contributed by atoms with Crippen LogP contribution < -0.4 is 0 Å². The van der Waals surface area contributed by atoms with E-state index in [1.54, 1.807) is 0 Å². The maximum absolute atomic E-state index is 5.98. The second-order valence-corrected chi connectivity index (χ2v) is 10.8. The maximum Gasteiger partial charge on any atom is 0.0223 e. The van der Waals surface area contributed by atoms with Crippen molar-refractivity contribution >= 4 is 11.6 Å². The SMILES string of the molecule is C[C@H](CCCCl)[C@H]1CC[C@H]2[C@@H]3CCC4CC#CC[C@]4(C)[C@H]3CC[C@]12C. The first kappa shape index (κ1) is 18.2. The van der Waals surface area contributed by atoms with Crippen molar-refractivity contribution in [3.05, 3.63) is 0 Å². The van der Waals surface area contributed by atoms with E-state index in [1.165, 1.54) is 64.2 Å². The zero-order valence-electron chi connectivity index (χ0n) is 16.6. The van der Waals surface area contributed by atoms with Crippen molar-refractivity contribution in [2.24, 2.45) is 46.3 Å². The smallest absolute Gasteiger partial charge is 0.0223 e. The van der Waals surface area contributed by atoms with Crippen molar-refractivity contribution in [3.63, 3.8) is 0 Å². The van der Waals surface area contributed by atoms with Gasteiger partial charge < -0.3 is 0 Å². The van der Waals surface area contributed by atoms with E-state index in [0.717, 1.165) is 41.4 Å². The number of halogens is 1. The molecule has 25 heavy (non-hydrogen) atoms. The molecule has 0 N–H and O–H groups in total. The Hall–Kier alpha value is -0.150. The van der Waals surface area contributed by atoms with Crippen LogP contribution in [0, 0.1) is 58.2 Å². The number of alkyl halides is 1. The summed E-state index contributed by atoms with van der Waals surface area (Å²) in [6, 6.07) is 0. The lowest BCUT2D eigenvalue weighted by molar-refractivity contribution is -0.0986. The highest BCUT2D eigenvalue weighted by atomic mass is 35.5. The van der Waals surface area contributed by atoms with Crippen molar-refractivity contribution in [2.75, 3.05) is 5.88 Å². The third-order valence-corrected chi connectivity index (χ3v) is 9.83. The molecule has 1 unspecified atom stereocenters. The molecule has 0 radical (unpaired) electrons. The van der Waals surface area contributed by atoms with Crippen LogP contribution in [0.1, 0.15) is 85.0 Å². The van der Waals surface area contributed by atoms with Crippen molar-refractivity contribution in [3.8, 4) is 11.8 Å². The Bertz CT molecular complexity index is 556.